The zero-order valence-corrected chi connectivity index (χ0v) is 8.61. The Bertz CT molecular complexity index is 289. The van der Waals surface area contributed by atoms with E-state index in [1.807, 2.05) is 0 Å². The topological polar surface area (TPSA) is 37.2 Å². The summed E-state index contributed by atoms with van der Waals surface area (Å²) in [6.45, 7) is 4.09. The Morgan fingerprint density at radius 1 is 1.57 bits per heavy atom. The first-order valence-electron chi connectivity index (χ1n) is 5.35. The summed E-state index contributed by atoms with van der Waals surface area (Å²) in [7, 11) is 0. The van der Waals surface area contributed by atoms with Crippen LogP contribution in [0, 0.1) is 0 Å². The van der Waals surface area contributed by atoms with Crippen LogP contribution in [0.5, 0.6) is 0 Å². The van der Waals surface area contributed by atoms with Crippen molar-refractivity contribution in [2.75, 3.05) is 0 Å². The molecular weight excluding hydrogens is 176 g/mol. The molecule has 1 heterocycles. The normalized spacial score (nSPS) is 26.1. The van der Waals surface area contributed by atoms with Gasteiger partial charge in [0.25, 0.3) is 0 Å². The van der Waals surface area contributed by atoms with Crippen molar-refractivity contribution < 1.29 is 5.11 Å². The van der Waals surface area contributed by atoms with E-state index in [1.165, 1.54) is 5.69 Å². The number of nitrogens with zero attached hydrogens (tertiary/aromatic N) is 1. The molecule has 1 aliphatic rings. The Balaban J connectivity index is 1.80. The zero-order valence-electron chi connectivity index (χ0n) is 8.61. The average Bonchev–Trinajstić information content (AvgIpc) is 2.57. The number of rotatable bonds is 4. The lowest BCUT2D eigenvalue weighted by atomic mass is 9.89. The number of aryl methyl sites for hydroxylation is 1. The van der Waals surface area contributed by atoms with Gasteiger partial charge in [0.15, 0.2) is 0 Å². The smallest absolute Gasteiger partial charge is 0.0570 e. The van der Waals surface area contributed by atoms with Crippen LogP contribution in [0.3, 0.4) is 0 Å². The van der Waals surface area contributed by atoms with Gasteiger partial charge in [-0.2, -0.15) is 0 Å². The molecule has 2 N–H and O–H groups in total. The number of aliphatic hydroxyl groups excluding tert-OH is 1. The minimum atomic E-state index is -0.0644. The minimum Gasteiger partial charge on any atom is -0.393 e. The van der Waals surface area contributed by atoms with Crippen LogP contribution >= 0.6 is 0 Å². The monoisotopic (exact) mass is 194 g/mol. The van der Waals surface area contributed by atoms with Gasteiger partial charge < -0.3 is 15.0 Å². The molecule has 1 aromatic heterocycles. The largest absolute Gasteiger partial charge is 0.393 e. The quantitative estimate of drug-likeness (QED) is 0.753. The van der Waals surface area contributed by atoms with Crippen LogP contribution in [0.4, 0.5) is 0 Å². The molecule has 1 aliphatic carbocycles. The lowest BCUT2D eigenvalue weighted by Gasteiger charge is -2.32. The van der Waals surface area contributed by atoms with E-state index in [1.54, 1.807) is 0 Å². The van der Waals surface area contributed by atoms with E-state index in [4.69, 9.17) is 5.11 Å². The van der Waals surface area contributed by atoms with Crippen LogP contribution in [-0.4, -0.2) is 21.8 Å². The lowest BCUT2D eigenvalue weighted by Crippen LogP contribution is -2.43. The van der Waals surface area contributed by atoms with Crippen molar-refractivity contribution in [3.8, 4) is 0 Å². The zero-order chi connectivity index (χ0) is 9.97. The average molecular weight is 194 g/mol. The predicted molar refractivity (Wildman–Crippen MR) is 56.0 cm³/mol. The molecule has 0 aromatic carbocycles. The lowest BCUT2D eigenvalue weighted by molar-refractivity contribution is 0.0617. The molecule has 0 aliphatic heterocycles. The Morgan fingerprint density at radius 2 is 2.36 bits per heavy atom. The van der Waals surface area contributed by atoms with Crippen LogP contribution in [0.25, 0.3) is 0 Å². The summed E-state index contributed by atoms with van der Waals surface area (Å²) in [5.41, 5.74) is 1.33. The third-order valence-corrected chi connectivity index (χ3v) is 2.95. The van der Waals surface area contributed by atoms with Crippen molar-refractivity contribution in [2.24, 2.45) is 0 Å². The van der Waals surface area contributed by atoms with Gasteiger partial charge in [-0.25, -0.2) is 0 Å². The second-order valence-electron chi connectivity index (χ2n) is 3.99. The van der Waals surface area contributed by atoms with Crippen molar-refractivity contribution in [1.29, 1.82) is 0 Å². The van der Waals surface area contributed by atoms with E-state index >= 15 is 0 Å². The number of hydrogen-bond acceptors (Lipinski definition) is 2. The van der Waals surface area contributed by atoms with Crippen LogP contribution in [0.1, 0.15) is 25.5 Å². The van der Waals surface area contributed by atoms with E-state index in [0.29, 0.717) is 6.04 Å². The molecule has 0 saturated heterocycles. The van der Waals surface area contributed by atoms with Gasteiger partial charge in [-0.3, -0.25) is 0 Å². The first-order chi connectivity index (χ1) is 6.79. The number of aromatic nitrogens is 1. The minimum absolute atomic E-state index is 0.0644. The molecule has 78 valence electrons. The molecule has 1 aromatic rings. The third kappa shape index (κ3) is 1.99. The van der Waals surface area contributed by atoms with E-state index in [-0.39, 0.29) is 6.10 Å². The molecule has 0 amide bonds. The van der Waals surface area contributed by atoms with E-state index in [2.05, 4.69) is 35.1 Å². The van der Waals surface area contributed by atoms with Crippen LogP contribution in [0.2, 0.25) is 0 Å². The van der Waals surface area contributed by atoms with Gasteiger partial charge in [0.05, 0.1) is 6.10 Å². The van der Waals surface area contributed by atoms with Crippen LogP contribution < -0.4 is 5.32 Å². The summed E-state index contributed by atoms with van der Waals surface area (Å²) < 4.78 is 2.24. The summed E-state index contributed by atoms with van der Waals surface area (Å²) in [6.07, 6.45) is 3.86. The van der Waals surface area contributed by atoms with Crippen LogP contribution in [-0.2, 0) is 13.1 Å². The highest BCUT2D eigenvalue weighted by Crippen LogP contribution is 2.19. The highest BCUT2D eigenvalue weighted by atomic mass is 16.3. The molecule has 0 spiro atoms. The van der Waals surface area contributed by atoms with Gasteiger partial charge in [0.1, 0.15) is 0 Å². The summed E-state index contributed by atoms with van der Waals surface area (Å²) in [6, 6.07) is 4.74. The Hall–Kier alpha value is -0.800. The number of hydrogen-bond donors (Lipinski definition) is 2. The molecule has 1 fully saturated rings. The maximum atomic E-state index is 9.13. The third-order valence-electron chi connectivity index (χ3n) is 2.95. The first-order valence-corrected chi connectivity index (χ1v) is 5.35. The highest BCUT2D eigenvalue weighted by Gasteiger charge is 2.26. The van der Waals surface area contributed by atoms with Crippen molar-refractivity contribution in [2.45, 2.75) is 45.0 Å². The summed E-state index contributed by atoms with van der Waals surface area (Å²) in [5.74, 6) is 0. The van der Waals surface area contributed by atoms with E-state index < -0.39 is 0 Å². The van der Waals surface area contributed by atoms with Gasteiger partial charge in [-0.1, -0.05) is 0 Å². The summed E-state index contributed by atoms with van der Waals surface area (Å²) in [4.78, 5) is 0. The van der Waals surface area contributed by atoms with Gasteiger partial charge in [0.2, 0.25) is 0 Å². The molecule has 1 saturated carbocycles. The van der Waals surface area contributed by atoms with Gasteiger partial charge in [0, 0.05) is 31.0 Å². The maximum Gasteiger partial charge on any atom is 0.0570 e. The second kappa shape index (κ2) is 4.15. The predicted octanol–water partition coefficient (Wildman–Crippen LogP) is 1.12. The molecule has 2 rings (SSSR count). The molecular formula is C11H18N2O. The Kier molecular flexibility index (Phi) is 2.89. The van der Waals surface area contributed by atoms with Crippen LogP contribution in [0.15, 0.2) is 18.3 Å². The summed E-state index contributed by atoms with van der Waals surface area (Å²) >= 11 is 0. The molecule has 14 heavy (non-hydrogen) atoms. The Morgan fingerprint density at radius 3 is 3.00 bits per heavy atom. The highest BCUT2D eigenvalue weighted by molar-refractivity contribution is 5.07. The van der Waals surface area contributed by atoms with Gasteiger partial charge in [-0.05, 0) is 31.9 Å². The van der Waals surface area contributed by atoms with Crippen molar-refractivity contribution >= 4 is 0 Å². The van der Waals surface area contributed by atoms with Crippen molar-refractivity contribution in [3.63, 3.8) is 0 Å². The SMILES string of the molecule is CCn1cccc1CNC1CC(O)C1. The standard InChI is InChI=1S/C11H18N2O/c1-2-13-5-3-4-10(13)8-12-9-6-11(14)7-9/h3-5,9,11-12,14H,2,6-8H2,1H3. The number of aliphatic hydroxyl groups is 1. The fourth-order valence-electron chi connectivity index (χ4n) is 1.92. The van der Waals surface area contributed by atoms with Gasteiger partial charge in [-0.15, -0.1) is 0 Å². The van der Waals surface area contributed by atoms with Crippen molar-refractivity contribution in [3.05, 3.63) is 24.0 Å². The Labute approximate surface area is 84.7 Å². The maximum absolute atomic E-state index is 9.13. The fraction of sp³-hybridized carbons (Fsp3) is 0.636. The molecule has 3 heteroatoms. The second-order valence-corrected chi connectivity index (χ2v) is 3.99. The number of nitrogens with one attached hydrogen (secondary N) is 1. The molecule has 0 radical (unpaired) electrons. The van der Waals surface area contributed by atoms with Crippen molar-refractivity contribution in [1.82, 2.24) is 9.88 Å². The fourth-order valence-corrected chi connectivity index (χ4v) is 1.92. The van der Waals surface area contributed by atoms with E-state index in [9.17, 15) is 0 Å². The van der Waals surface area contributed by atoms with E-state index in [0.717, 1.165) is 25.9 Å². The molecule has 0 bridgehead atoms. The summed E-state index contributed by atoms with van der Waals surface area (Å²) in [5, 5.41) is 12.6. The first kappa shape index (κ1) is 9.74. The molecule has 0 unspecified atom stereocenters. The molecule has 3 nitrogen and oxygen atoms in total. The molecule has 0 atom stereocenters. The van der Waals surface area contributed by atoms with Gasteiger partial charge >= 0.3 is 0 Å².